The van der Waals surface area contributed by atoms with Crippen LogP contribution in [0.15, 0.2) is 65.2 Å². The largest absolute Gasteiger partial charge is 0.495 e. The summed E-state index contributed by atoms with van der Waals surface area (Å²) in [5.41, 5.74) is 2.77. The van der Waals surface area contributed by atoms with Crippen LogP contribution in [0, 0.1) is 0 Å². The Morgan fingerprint density at radius 3 is 2.83 bits per heavy atom. The number of nitrogens with one attached hydrogen (secondary N) is 2. The number of H-pyrrole nitrogens is 1. The molecule has 2 aromatic heterocycles. The number of para-hydroxylation sites is 1. The van der Waals surface area contributed by atoms with E-state index in [1.165, 1.54) is 0 Å². The van der Waals surface area contributed by atoms with Crippen LogP contribution < -0.4 is 10.1 Å². The monoisotopic (exact) mass is 424 g/mol. The number of rotatable bonds is 8. The number of ether oxygens (including phenoxy) is 1. The van der Waals surface area contributed by atoms with E-state index < -0.39 is 12.0 Å². The molecule has 30 heavy (non-hydrogen) atoms. The molecular formula is C23H21ClN2O4. The number of aromatic amines is 1. The van der Waals surface area contributed by atoms with E-state index in [0.29, 0.717) is 35.3 Å². The molecule has 4 aromatic rings. The summed E-state index contributed by atoms with van der Waals surface area (Å²) in [6, 6.07) is 16.2. The lowest BCUT2D eigenvalue weighted by molar-refractivity contribution is -0.139. The molecule has 2 heterocycles. The van der Waals surface area contributed by atoms with Crippen molar-refractivity contribution in [2.45, 2.75) is 19.0 Å². The number of furan rings is 1. The Bertz CT molecular complexity index is 1180. The third-order valence-electron chi connectivity index (χ3n) is 5.02. The van der Waals surface area contributed by atoms with Crippen LogP contribution in [-0.2, 0) is 17.8 Å². The number of fused-ring (bicyclic) bond motifs is 1. The number of hydrogen-bond acceptors (Lipinski definition) is 4. The Kier molecular flexibility index (Phi) is 5.79. The van der Waals surface area contributed by atoms with Crippen LogP contribution in [0.4, 0.5) is 0 Å². The van der Waals surface area contributed by atoms with Gasteiger partial charge in [-0.15, -0.1) is 0 Å². The highest BCUT2D eigenvalue weighted by Gasteiger charge is 2.20. The zero-order valence-corrected chi connectivity index (χ0v) is 17.1. The minimum Gasteiger partial charge on any atom is -0.495 e. The Labute approximate surface area is 178 Å². The highest BCUT2D eigenvalue weighted by Crippen LogP contribution is 2.31. The highest BCUT2D eigenvalue weighted by atomic mass is 35.5. The molecule has 0 aliphatic heterocycles. The number of aromatic nitrogens is 1. The second kappa shape index (κ2) is 8.65. The third kappa shape index (κ3) is 4.20. The number of benzene rings is 2. The number of halogens is 1. The van der Waals surface area contributed by atoms with Crippen LogP contribution in [0.2, 0.25) is 5.02 Å². The maximum Gasteiger partial charge on any atom is 0.321 e. The summed E-state index contributed by atoms with van der Waals surface area (Å²) in [6.45, 7) is 0.295. The van der Waals surface area contributed by atoms with Crippen LogP contribution in [0.1, 0.15) is 11.3 Å². The van der Waals surface area contributed by atoms with Crippen molar-refractivity contribution in [1.82, 2.24) is 10.3 Å². The Balaban J connectivity index is 1.45. The lowest BCUT2D eigenvalue weighted by atomic mass is 10.0. The van der Waals surface area contributed by atoms with E-state index >= 15 is 0 Å². The van der Waals surface area contributed by atoms with Gasteiger partial charge in [-0.2, -0.15) is 0 Å². The molecule has 0 unspecified atom stereocenters. The van der Waals surface area contributed by atoms with Crippen molar-refractivity contribution in [3.63, 3.8) is 0 Å². The molecule has 2 aromatic carbocycles. The molecule has 7 heteroatoms. The summed E-state index contributed by atoms with van der Waals surface area (Å²) in [4.78, 5) is 15.0. The number of methoxy groups -OCH3 is 1. The van der Waals surface area contributed by atoms with Gasteiger partial charge in [0.2, 0.25) is 0 Å². The van der Waals surface area contributed by atoms with Gasteiger partial charge >= 0.3 is 5.97 Å². The first-order valence-electron chi connectivity index (χ1n) is 9.49. The molecular weight excluding hydrogens is 404 g/mol. The van der Waals surface area contributed by atoms with E-state index in [0.717, 1.165) is 22.0 Å². The van der Waals surface area contributed by atoms with Gasteiger partial charge < -0.3 is 19.2 Å². The fourth-order valence-corrected chi connectivity index (χ4v) is 3.70. The van der Waals surface area contributed by atoms with Crippen LogP contribution >= 0.6 is 11.6 Å². The van der Waals surface area contributed by atoms with Gasteiger partial charge in [-0.3, -0.25) is 10.1 Å². The zero-order valence-electron chi connectivity index (χ0n) is 16.3. The van der Waals surface area contributed by atoms with E-state index in [1.807, 2.05) is 48.7 Å². The second-order valence-corrected chi connectivity index (χ2v) is 7.36. The Hall–Kier alpha value is -3.22. The Morgan fingerprint density at radius 2 is 2.07 bits per heavy atom. The molecule has 0 aliphatic carbocycles. The lowest BCUT2D eigenvalue weighted by Crippen LogP contribution is -2.37. The normalized spacial score (nSPS) is 12.2. The lowest BCUT2D eigenvalue weighted by Gasteiger charge is -2.13. The fourth-order valence-electron chi connectivity index (χ4n) is 3.44. The molecule has 6 nitrogen and oxygen atoms in total. The van der Waals surface area contributed by atoms with Crippen molar-refractivity contribution in [1.29, 1.82) is 0 Å². The van der Waals surface area contributed by atoms with E-state index in [9.17, 15) is 9.90 Å². The van der Waals surface area contributed by atoms with Crippen molar-refractivity contribution < 1.29 is 19.1 Å². The molecule has 154 valence electrons. The number of carbonyl (C=O) groups is 1. The van der Waals surface area contributed by atoms with Crippen molar-refractivity contribution >= 4 is 28.5 Å². The van der Waals surface area contributed by atoms with Crippen molar-refractivity contribution in [2.24, 2.45) is 0 Å². The topological polar surface area (TPSA) is 87.5 Å². The number of carboxylic acid groups (broad SMARTS) is 1. The smallest absolute Gasteiger partial charge is 0.321 e. The molecule has 0 aliphatic rings. The summed E-state index contributed by atoms with van der Waals surface area (Å²) in [5.74, 6) is 0.978. The highest BCUT2D eigenvalue weighted by molar-refractivity contribution is 6.32. The van der Waals surface area contributed by atoms with Gasteiger partial charge in [-0.05, 0) is 42.0 Å². The van der Waals surface area contributed by atoms with Crippen LogP contribution in [0.3, 0.4) is 0 Å². The van der Waals surface area contributed by atoms with Gasteiger partial charge in [-0.1, -0.05) is 29.8 Å². The average Bonchev–Trinajstić information content (AvgIpc) is 3.38. The van der Waals surface area contributed by atoms with Gasteiger partial charge in [0.1, 0.15) is 23.3 Å². The molecule has 0 saturated heterocycles. The van der Waals surface area contributed by atoms with Crippen molar-refractivity contribution in [3.05, 3.63) is 77.1 Å². The predicted octanol–water partition coefficient (Wildman–Crippen LogP) is 4.88. The maximum atomic E-state index is 11.8. The van der Waals surface area contributed by atoms with E-state index in [1.54, 1.807) is 19.2 Å². The molecule has 0 radical (unpaired) electrons. The number of carboxylic acids is 1. The van der Waals surface area contributed by atoms with E-state index in [2.05, 4.69) is 10.3 Å². The van der Waals surface area contributed by atoms with Crippen molar-refractivity contribution in [2.75, 3.05) is 7.11 Å². The minimum atomic E-state index is -0.908. The number of aliphatic carboxylic acids is 1. The van der Waals surface area contributed by atoms with Gasteiger partial charge in [0.25, 0.3) is 0 Å². The summed E-state index contributed by atoms with van der Waals surface area (Å²) in [5, 5.41) is 14.3. The molecule has 0 amide bonds. The first kappa shape index (κ1) is 20.1. The Morgan fingerprint density at radius 1 is 1.23 bits per heavy atom. The molecule has 0 spiro atoms. The molecule has 1 atom stereocenters. The van der Waals surface area contributed by atoms with E-state index in [-0.39, 0.29) is 0 Å². The molecule has 4 rings (SSSR count). The summed E-state index contributed by atoms with van der Waals surface area (Å²) in [6.07, 6.45) is 2.22. The van der Waals surface area contributed by atoms with Crippen molar-refractivity contribution in [3.8, 4) is 17.1 Å². The fraction of sp³-hybridized carbons (Fsp3) is 0.174. The first-order chi connectivity index (χ1) is 14.5. The summed E-state index contributed by atoms with van der Waals surface area (Å²) < 4.78 is 11.0. The predicted molar refractivity (Wildman–Crippen MR) is 116 cm³/mol. The third-order valence-corrected chi connectivity index (χ3v) is 5.31. The molecule has 0 fully saturated rings. The summed E-state index contributed by atoms with van der Waals surface area (Å²) >= 11 is 6.19. The van der Waals surface area contributed by atoms with Gasteiger partial charge in [-0.25, -0.2) is 0 Å². The standard InChI is InChI=1S/C23H21ClN2O4/c1-29-22-8-6-14(10-18(22)24)21-9-7-16(30-21)13-26-20(23(27)28)11-15-12-25-19-5-3-2-4-17(15)19/h2-10,12,20,25-26H,11,13H2,1H3,(H,27,28)/t20-/m0/s1. The molecule has 3 N–H and O–H groups in total. The first-order valence-corrected chi connectivity index (χ1v) is 9.86. The molecule has 0 saturated carbocycles. The maximum absolute atomic E-state index is 11.8. The van der Waals surface area contributed by atoms with Crippen LogP contribution in [0.25, 0.3) is 22.2 Å². The van der Waals surface area contributed by atoms with E-state index in [4.69, 9.17) is 20.8 Å². The zero-order chi connectivity index (χ0) is 21.1. The summed E-state index contributed by atoms with van der Waals surface area (Å²) in [7, 11) is 1.56. The second-order valence-electron chi connectivity index (χ2n) is 6.95. The van der Waals surface area contributed by atoms with Gasteiger partial charge in [0.05, 0.1) is 18.7 Å². The van der Waals surface area contributed by atoms with Gasteiger partial charge in [0, 0.05) is 29.1 Å². The van der Waals surface area contributed by atoms with Crippen LogP contribution in [0.5, 0.6) is 5.75 Å². The average molecular weight is 425 g/mol. The SMILES string of the molecule is COc1ccc(-c2ccc(CN[C@@H](Cc3c[nH]c4ccccc34)C(=O)O)o2)cc1Cl. The van der Waals surface area contributed by atoms with Crippen LogP contribution in [-0.4, -0.2) is 29.2 Å². The quantitative estimate of drug-likeness (QED) is 0.375. The minimum absolute atomic E-state index is 0.295. The number of hydrogen-bond donors (Lipinski definition) is 3. The molecule has 0 bridgehead atoms. The van der Waals surface area contributed by atoms with Gasteiger partial charge in [0.15, 0.2) is 0 Å².